The van der Waals surface area contributed by atoms with Gasteiger partial charge in [-0.2, -0.15) is 0 Å². The standard InChI is InChI=1S/C18H27NO2/c1-14(19)15-6-5-7-16(12-15)20-13-17-8-11-18(21-17)9-3-2-4-10-18/h5-7,12,14,17H,2-4,8-11,13,19H2,1H3/t14-,17?/m1/s1. The molecule has 116 valence electrons. The summed E-state index contributed by atoms with van der Waals surface area (Å²) >= 11 is 0. The van der Waals surface area contributed by atoms with Crippen molar-refractivity contribution in [2.45, 2.75) is 69.6 Å². The highest BCUT2D eigenvalue weighted by Crippen LogP contribution is 2.41. The second kappa shape index (κ2) is 6.37. The zero-order valence-electron chi connectivity index (χ0n) is 13.0. The second-order valence-electron chi connectivity index (χ2n) is 6.69. The van der Waals surface area contributed by atoms with Gasteiger partial charge >= 0.3 is 0 Å². The van der Waals surface area contributed by atoms with Crippen LogP contribution in [-0.4, -0.2) is 18.3 Å². The summed E-state index contributed by atoms with van der Waals surface area (Å²) in [6.07, 6.45) is 9.09. The lowest BCUT2D eigenvalue weighted by atomic mass is 9.83. The average Bonchev–Trinajstić information content (AvgIpc) is 2.89. The molecule has 1 aliphatic carbocycles. The van der Waals surface area contributed by atoms with Gasteiger partial charge in [0.05, 0.1) is 11.7 Å². The lowest BCUT2D eigenvalue weighted by Gasteiger charge is -2.33. The van der Waals surface area contributed by atoms with Gasteiger partial charge < -0.3 is 15.2 Å². The van der Waals surface area contributed by atoms with E-state index in [1.54, 1.807) is 0 Å². The minimum atomic E-state index is 0.0433. The SMILES string of the molecule is C[C@@H](N)c1cccc(OCC2CCC3(CCCCC3)O2)c1. The molecule has 1 spiro atoms. The summed E-state index contributed by atoms with van der Waals surface area (Å²) in [4.78, 5) is 0. The molecule has 0 radical (unpaired) electrons. The first-order valence-corrected chi connectivity index (χ1v) is 8.33. The number of hydrogen-bond donors (Lipinski definition) is 1. The molecule has 2 aliphatic rings. The van der Waals surface area contributed by atoms with Crippen LogP contribution in [0.4, 0.5) is 0 Å². The molecule has 1 saturated carbocycles. The third kappa shape index (κ3) is 3.58. The van der Waals surface area contributed by atoms with Crippen LogP contribution in [0.25, 0.3) is 0 Å². The number of ether oxygens (including phenoxy) is 2. The Balaban J connectivity index is 1.53. The van der Waals surface area contributed by atoms with Crippen molar-refractivity contribution in [2.24, 2.45) is 5.73 Å². The number of rotatable bonds is 4. The molecular formula is C18H27NO2. The molecule has 1 aliphatic heterocycles. The van der Waals surface area contributed by atoms with Crippen molar-refractivity contribution < 1.29 is 9.47 Å². The van der Waals surface area contributed by atoms with Crippen molar-refractivity contribution in [2.75, 3.05) is 6.61 Å². The zero-order chi connectivity index (χ0) is 14.7. The first-order chi connectivity index (χ1) is 10.2. The summed E-state index contributed by atoms with van der Waals surface area (Å²) in [6, 6.07) is 8.13. The Kier molecular flexibility index (Phi) is 4.51. The molecule has 0 aromatic heterocycles. The van der Waals surface area contributed by atoms with Gasteiger partial charge in [0.1, 0.15) is 12.4 Å². The van der Waals surface area contributed by atoms with E-state index in [9.17, 15) is 0 Å². The van der Waals surface area contributed by atoms with Crippen molar-refractivity contribution in [3.8, 4) is 5.75 Å². The summed E-state index contributed by atoms with van der Waals surface area (Å²) in [7, 11) is 0. The van der Waals surface area contributed by atoms with Crippen molar-refractivity contribution in [3.05, 3.63) is 29.8 Å². The molecule has 1 heterocycles. The topological polar surface area (TPSA) is 44.5 Å². The van der Waals surface area contributed by atoms with Crippen LogP contribution in [0, 0.1) is 0 Å². The fourth-order valence-electron chi connectivity index (χ4n) is 3.65. The first-order valence-electron chi connectivity index (χ1n) is 8.33. The number of benzene rings is 1. The lowest BCUT2D eigenvalue weighted by Crippen LogP contribution is -2.32. The normalized spacial score (nSPS) is 25.9. The third-order valence-corrected chi connectivity index (χ3v) is 4.92. The molecule has 0 amide bonds. The van der Waals surface area contributed by atoms with Gasteiger partial charge in [-0.1, -0.05) is 31.4 Å². The van der Waals surface area contributed by atoms with Crippen LogP contribution in [0.5, 0.6) is 5.75 Å². The number of nitrogens with two attached hydrogens (primary N) is 1. The quantitative estimate of drug-likeness (QED) is 0.912. The zero-order valence-corrected chi connectivity index (χ0v) is 13.0. The maximum absolute atomic E-state index is 6.34. The predicted octanol–water partition coefficient (Wildman–Crippen LogP) is 3.97. The van der Waals surface area contributed by atoms with Gasteiger partial charge in [0, 0.05) is 6.04 Å². The molecule has 1 saturated heterocycles. The highest BCUT2D eigenvalue weighted by atomic mass is 16.6. The average molecular weight is 289 g/mol. The molecular weight excluding hydrogens is 262 g/mol. The Labute approximate surface area is 127 Å². The second-order valence-corrected chi connectivity index (χ2v) is 6.69. The van der Waals surface area contributed by atoms with Gasteiger partial charge in [-0.05, 0) is 50.3 Å². The van der Waals surface area contributed by atoms with E-state index in [0.717, 1.165) is 17.7 Å². The minimum Gasteiger partial charge on any atom is -0.491 e. The Bertz CT molecular complexity index is 466. The summed E-state index contributed by atoms with van der Waals surface area (Å²) in [5, 5.41) is 0. The minimum absolute atomic E-state index is 0.0433. The van der Waals surface area contributed by atoms with E-state index in [4.69, 9.17) is 15.2 Å². The van der Waals surface area contributed by atoms with Crippen molar-refractivity contribution in [3.63, 3.8) is 0 Å². The molecule has 0 bridgehead atoms. The van der Waals surface area contributed by atoms with Gasteiger partial charge in [0.15, 0.2) is 0 Å². The lowest BCUT2D eigenvalue weighted by molar-refractivity contribution is -0.0748. The van der Waals surface area contributed by atoms with E-state index >= 15 is 0 Å². The van der Waals surface area contributed by atoms with Gasteiger partial charge in [0.25, 0.3) is 0 Å². The van der Waals surface area contributed by atoms with Crippen molar-refractivity contribution in [1.82, 2.24) is 0 Å². The van der Waals surface area contributed by atoms with E-state index in [2.05, 4.69) is 0 Å². The van der Waals surface area contributed by atoms with Crippen LogP contribution in [0.1, 0.15) is 63.5 Å². The van der Waals surface area contributed by atoms with Crippen LogP contribution in [0.2, 0.25) is 0 Å². The molecule has 3 nitrogen and oxygen atoms in total. The monoisotopic (exact) mass is 289 g/mol. The van der Waals surface area contributed by atoms with E-state index < -0.39 is 0 Å². The third-order valence-electron chi connectivity index (χ3n) is 4.92. The summed E-state index contributed by atoms with van der Waals surface area (Å²) in [5.41, 5.74) is 7.21. The molecule has 2 fully saturated rings. The fourth-order valence-corrected chi connectivity index (χ4v) is 3.65. The summed E-state index contributed by atoms with van der Waals surface area (Å²) in [5.74, 6) is 0.901. The van der Waals surface area contributed by atoms with Gasteiger partial charge in [-0.15, -0.1) is 0 Å². The Hall–Kier alpha value is -1.06. The molecule has 1 unspecified atom stereocenters. The Morgan fingerprint density at radius 3 is 2.86 bits per heavy atom. The molecule has 3 heteroatoms. The van der Waals surface area contributed by atoms with Gasteiger partial charge in [-0.3, -0.25) is 0 Å². The van der Waals surface area contributed by atoms with E-state index in [1.807, 2.05) is 31.2 Å². The van der Waals surface area contributed by atoms with Gasteiger partial charge in [0.2, 0.25) is 0 Å². The summed E-state index contributed by atoms with van der Waals surface area (Å²) < 4.78 is 12.3. The first kappa shape index (κ1) is 14.9. The van der Waals surface area contributed by atoms with E-state index in [1.165, 1.54) is 38.5 Å². The highest BCUT2D eigenvalue weighted by molar-refractivity contribution is 5.30. The fraction of sp³-hybridized carbons (Fsp3) is 0.667. The van der Waals surface area contributed by atoms with Crippen LogP contribution in [0.15, 0.2) is 24.3 Å². The molecule has 2 atom stereocenters. The smallest absolute Gasteiger partial charge is 0.119 e. The van der Waals surface area contributed by atoms with Crippen LogP contribution < -0.4 is 10.5 Å². The maximum atomic E-state index is 6.34. The molecule has 1 aromatic carbocycles. The van der Waals surface area contributed by atoms with Gasteiger partial charge in [-0.25, -0.2) is 0 Å². The van der Waals surface area contributed by atoms with E-state index in [-0.39, 0.29) is 17.7 Å². The van der Waals surface area contributed by atoms with Crippen LogP contribution in [-0.2, 0) is 4.74 Å². The van der Waals surface area contributed by atoms with Crippen molar-refractivity contribution in [1.29, 1.82) is 0 Å². The predicted molar refractivity (Wildman–Crippen MR) is 84.5 cm³/mol. The Morgan fingerprint density at radius 1 is 1.29 bits per heavy atom. The number of hydrogen-bond acceptors (Lipinski definition) is 3. The summed E-state index contributed by atoms with van der Waals surface area (Å²) in [6.45, 7) is 2.65. The highest BCUT2D eigenvalue weighted by Gasteiger charge is 2.40. The molecule has 3 rings (SSSR count). The van der Waals surface area contributed by atoms with Crippen molar-refractivity contribution >= 4 is 0 Å². The van der Waals surface area contributed by atoms with Crippen LogP contribution >= 0.6 is 0 Å². The molecule has 1 aromatic rings. The van der Waals surface area contributed by atoms with E-state index in [0.29, 0.717) is 6.61 Å². The molecule has 2 N–H and O–H groups in total. The Morgan fingerprint density at radius 2 is 2.10 bits per heavy atom. The maximum Gasteiger partial charge on any atom is 0.119 e. The van der Waals surface area contributed by atoms with Crippen LogP contribution in [0.3, 0.4) is 0 Å². The molecule has 21 heavy (non-hydrogen) atoms. The largest absolute Gasteiger partial charge is 0.491 e.